The zero-order chi connectivity index (χ0) is 42.7. The monoisotopic (exact) mass is 960 g/mol. The number of hydrogen-bond donors (Lipinski definition) is 1. The third kappa shape index (κ3) is 10.7. The molecule has 0 unspecified atom stereocenters. The van der Waals surface area contributed by atoms with Crippen molar-refractivity contribution in [1.82, 2.24) is 4.98 Å². The summed E-state index contributed by atoms with van der Waals surface area (Å²) in [4.78, 5) is 3.97. The minimum absolute atomic E-state index is 0.346. The fraction of sp³-hybridized carbons (Fsp3) is 0.0926. The van der Waals surface area contributed by atoms with Crippen LogP contribution in [0.25, 0.3) is 32.7 Å². The first-order chi connectivity index (χ1) is 29.8. The number of aryl methyl sites for hydroxylation is 4. The Morgan fingerprint density at radius 1 is 0.426 bits per heavy atom. The van der Waals surface area contributed by atoms with Crippen molar-refractivity contribution >= 4 is 88.6 Å². The first-order valence-electron chi connectivity index (χ1n) is 20.3. The summed E-state index contributed by atoms with van der Waals surface area (Å²) in [6.45, 7) is 9.27. The number of rotatable bonds is 8. The summed E-state index contributed by atoms with van der Waals surface area (Å²) in [6, 6.07) is 70.7. The predicted molar refractivity (Wildman–Crippen MR) is 270 cm³/mol. The van der Waals surface area contributed by atoms with Gasteiger partial charge < -0.3 is 5.73 Å². The predicted octanol–water partition coefficient (Wildman–Crippen LogP) is 11.8. The third-order valence-electron chi connectivity index (χ3n) is 10.9. The molecule has 9 rings (SSSR count). The molecule has 0 radical (unpaired) electrons. The Balaban J connectivity index is 0.000000450. The van der Waals surface area contributed by atoms with Gasteiger partial charge in [0, 0.05) is 23.9 Å². The molecule has 1 aromatic heterocycles. The zero-order valence-corrected chi connectivity index (χ0v) is 40.1. The quantitative estimate of drug-likeness (QED) is 0.122. The maximum atomic E-state index is 5.29. The molecule has 9 aromatic rings. The van der Waals surface area contributed by atoms with Gasteiger partial charge in [-0.3, -0.25) is 4.98 Å². The van der Waals surface area contributed by atoms with Crippen LogP contribution in [-0.2, 0) is 21.7 Å². The van der Waals surface area contributed by atoms with E-state index in [2.05, 4.69) is 203 Å². The average molecular weight is 961 g/mol. The molecular formula is C54H50Cl2N2P2Ru+2. The van der Waals surface area contributed by atoms with Crippen molar-refractivity contribution in [1.29, 1.82) is 0 Å². The third-order valence-corrected chi connectivity index (χ3v) is 16.5. The van der Waals surface area contributed by atoms with E-state index in [4.69, 9.17) is 25.1 Å². The molecule has 1 heterocycles. The summed E-state index contributed by atoms with van der Waals surface area (Å²) in [5.74, 6) is 0. The SMILES string of the molecule is Cc1ccc([PH+](c2ccc(C)cc2)c2ccc3ccccc3c2-c2c([PH+](c3ccc(C)cc3)c3ccc(C)cc3)ccc3ccccc23)cc1.NCc1ccccn1.[Cl][Ru][Cl]. The molecule has 0 spiro atoms. The van der Waals surface area contributed by atoms with E-state index in [0.717, 1.165) is 5.69 Å². The van der Waals surface area contributed by atoms with E-state index in [9.17, 15) is 0 Å². The summed E-state index contributed by atoms with van der Waals surface area (Å²) in [7, 11) is 6.88. The Labute approximate surface area is 379 Å². The van der Waals surface area contributed by atoms with Gasteiger partial charge in [-0.2, -0.15) is 0 Å². The second kappa shape index (κ2) is 21.5. The van der Waals surface area contributed by atoms with Gasteiger partial charge in [0.2, 0.25) is 0 Å². The van der Waals surface area contributed by atoms with Crippen LogP contribution < -0.4 is 37.6 Å². The molecule has 0 amide bonds. The van der Waals surface area contributed by atoms with Crippen LogP contribution in [0.1, 0.15) is 27.9 Å². The number of nitrogens with two attached hydrogens (primary N) is 1. The fourth-order valence-electron chi connectivity index (χ4n) is 7.85. The number of pyridine rings is 1. The number of fused-ring (bicyclic) bond motifs is 2. The minimum atomic E-state index is -1.42. The van der Waals surface area contributed by atoms with E-state index in [0.29, 0.717) is 6.54 Å². The summed E-state index contributed by atoms with van der Waals surface area (Å²) in [5, 5.41) is 13.7. The van der Waals surface area contributed by atoms with Gasteiger partial charge in [-0.1, -0.05) is 138 Å². The van der Waals surface area contributed by atoms with Crippen molar-refractivity contribution < 1.29 is 15.1 Å². The maximum absolute atomic E-state index is 5.29. The summed E-state index contributed by atoms with van der Waals surface area (Å²) < 4.78 is 0. The molecule has 7 heteroatoms. The zero-order valence-electron chi connectivity index (χ0n) is 34.8. The van der Waals surface area contributed by atoms with Gasteiger partial charge in [0.1, 0.15) is 31.8 Å². The first kappa shape index (κ1) is 44.5. The Morgan fingerprint density at radius 2 is 0.754 bits per heavy atom. The van der Waals surface area contributed by atoms with Gasteiger partial charge in [-0.15, -0.1) is 0 Å². The first-order valence-corrected chi connectivity index (χ1v) is 27.8. The summed E-state index contributed by atoms with van der Waals surface area (Å²) in [5.41, 5.74) is 14.1. The fourth-order valence-corrected chi connectivity index (χ4v) is 13.3. The normalized spacial score (nSPS) is 11.0. The standard InChI is InChI=1S/C48H40P2.C6H8N2.2ClH.Ru/c1-33-13-23-39(24-14-33)49(40-25-15-34(2)16-26-40)45-31-21-37-9-5-7-11-43(37)47(45)48-44-12-8-6-10-38(44)22-32-46(48)50(41-27-17-35(3)18-28-41)42-29-19-36(4)20-30-42;7-5-6-3-1-2-4-8-6;;;/h5-32H,1-4H3;1-4H,5,7H2;2*1H;/q;;;;+2. The molecule has 306 valence electrons. The van der Waals surface area contributed by atoms with Crippen molar-refractivity contribution in [3.63, 3.8) is 0 Å². The molecular weight excluding hydrogens is 911 g/mol. The van der Waals surface area contributed by atoms with Crippen LogP contribution in [0.15, 0.2) is 194 Å². The van der Waals surface area contributed by atoms with Crippen LogP contribution in [-0.4, -0.2) is 4.98 Å². The Bertz CT molecular complexity index is 2550. The number of halogens is 2. The second-order valence-corrected chi connectivity index (χ2v) is 22.7. The second-order valence-electron chi connectivity index (χ2n) is 15.2. The molecule has 2 nitrogen and oxygen atoms in total. The van der Waals surface area contributed by atoms with Gasteiger partial charge in [-0.05, 0) is 122 Å². The molecule has 0 aliphatic rings. The average Bonchev–Trinajstić information content (AvgIpc) is 3.30. The van der Waals surface area contributed by atoms with Crippen LogP contribution >= 0.6 is 35.2 Å². The van der Waals surface area contributed by atoms with E-state index in [1.807, 2.05) is 18.2 Å². The van der Waals surface area contributed by atoms with E-state index in [1.54, 1.807) is 6.20 Å². The summed E-state index contributed by atoms with van der Waals surface area (Å²) in [6.07, 6.45) is 1.74. The van der Waals surface area contributed by atoms with Gasteiger partial charge in [0.05, 0.1) is 21.5 Å². The molecule has 0 aliphatic heterocycles. The topological polar surface area (TPSA) is 38.9 Å². The molecule has 0 aliphatic carbocycles. The van der Waals surface area contributed by atoms with Crippen LogP contribution in [0.3, 0.4) is 0 Å². The molecule has 0 atom stereocenters. The van der Waals surface area contributed by atoms with Gasteiger partial charge in [-0.25, -0.2) is 0 Å². The van der Waals surface area contributed by atoms with Gasteiger partial charge >= 0.3 is 34.5 Å². The molecule has 8 aromatic carbocycles. The van der Waals surface area contributed by atoms with E-state index < -0.39 is 15.8 Å². The Hall–Kier alpha value is -4.55. The van der Waals surface area contributed by atoms with Crippen molar-refractivity contribution in [3.8, 4) is 11.1 Å². The Kier molecular flexibility index (Phi) is 15.7. The van der Waals surface area contributed by atoms with Crippen LogP contribution in [0.4, 0.5) is 0 Å². The molecule has 61 heavy (non-hydrogen) atoms. The van der Waals surface area contributed by atoms with Gasteiger partial charge in [0.25, 0.3) is 0 Å². The molecule has 0 saturated heterocycles. The molecule has 0 bridgehead atoms. The van der Waals surface area contributed by atoms with E-state index in [-0.39, 0.29) is 15.1 Å². The number of hydrogen-bond acceptors (Lipinski definition) is 2. The van der Waals surface area contributed by atoms with Crippen LogP contribution in [0.5, 0.6) is 0 Å². The van der Waals surface area contributed by atoms with Gasteiger partial charge in [0.15, 0.2) is 0 Å². The molecule has 0 saturated carbocycles. The van der Waals surface area contributed by atoms with Crippen molar-refractivity contribution in [2.75, 3.05) is 0 Å². The van der Waals surface area contributed by atoms with Crippen LogP contribution in [0.2, 0.25) is 0 Å². The van der Waals surface area contributed by atoms with E-state index in [1.165, 1.54) is 86.8 Å². The molecule has 0 fully saturated rings. The van der Waals surface area contributed by atoms with Crippen molar-refractivity contribution in [3.05, 3.63) is 222 Å². The number of nitrogens with zero attached hydrogens (tertiary/aromatic N) is 1. The van der Waals surface area contributed by atoms with Crippen LogP contribution in [0, 0.1) is 27.7 Å². The van der Waals surface area contributed by atoms with Crippen molar-refractivity contribution in [2.24, 2.45) is 5.73 Å². The number of aromatic nitrogens is 1. The Morgan fingerprint density at radius 3 is 1.05 bits per heavy atom. The van der Waals surface area contributed by atoms with E-state index >= 15 is 0 Å². The van der Waals surface area contributed by atoms with Crippen molar-refractivity contribution in [2.45, 2.75) is 34.2 Å². The molecule has 2 N–H and O–H groups in total. The summed E-state index contributed by atoms with van der Waals surface area (Å²) >= 11 is -0.346. The number of benzene rings is 8.